The van der Waals surface area contributed by atoms with E-state index in [1.807, 2.05) is 0 Å². The van der Waals surface area contributed by atoms with Crippen LogP contribution in [-0.2, 0) is 5.41 Å². The molecule has 5 heteroatoms. The van der Waals surface area contributed by atoms with E-state index in [0.29, 0.717) is 0 Å². The van der Waals surface area contributed by atoms with Crippen LogP contribution in [0.3, 0.4) is 0 Å². The minimum atomic E-state index is 0.0340. The first kappa shape index (κ1) is 11.9. The van der Waals surface area contributed by atoms with E-state index in [1.165, 1.54) is 11.5 Å². The number of aliphatic hydroxyl groups is 1. The number of hydrogen-bond donors (Lipinski definition) is 1. The van der Waals surface area contributed by atoms with Gasteiger partial charge in [0.25, 0.3) is 0 Å². The van der Waals surface area contributed by atoms with Gasteiger partial charge < -0.3 is 5.11 Å². The molecule has 1 aromatic rings. The summed E-state index contributed by atoms with van der Waals surface area (Å²) in [6.45, 7) is 6.57. The van der Waals surface area contributed by atoms with Gasteiger partial charge >= 0.3 is 0 Å². The van der Waals surface area contributed by atoms with Gasteiger partial charge in [-0.25, -0.2) is 4.98 Å². The van der Waals surface area contributed by atoms with Gasteiger partial charge in [-0.1, -0.05) is 32.5 Å². The number of rotatable bonds is 4. The van der Waals surface area contributed by atoms with Crippen molar-refractivity contribution in [3.8, 4) is 0 Å². The topological polar surface area (TPSA) is 46.0 Å². The van der Waals surface area contributed by atoms with Crippen molar-refractivity contribution in [2.75, 3.05) is 12.4 Å². The summed E-state index contributed by atoms with van der Waals surface area (Å²) in [6, 6.07) is 0. The van der Waals surface area contributed by atoms with Gasteiger partial charge in [0.1, 0.15) is 5.82 Å². The average molecular weight is 232 g/mol. The Labute approximate surface area is 93.1 Å². The summed E-state index contributed by atoms with van der Waals surface area (Å²) in [5.41, 5.74) is 0.0340. The lowest BCUT2D eigenvalue weighted by Crippen LogP contribution is -2.12. The van der Waals surface area contributed by atoms with Crippen molar-refractivity contribution < 1.29 is 5.11 Å². The molecule has 0 aromatic carbocycles. The van der Waals surface area contributed by atoms with Crippen molar-refractivity contribution >= 4 is 23.3 Å². The number of aromatic nitrogens is 2. The van der Waals surface area contributed by atoms with Crippen LogP contribution < -0.4 is 0 Å². The Morgan fingerprint density at radius 2 is 2.14 bits per heavy atom. The lowest BCUT2D eigenvalue weighted by Gasteiger charge is -2.11. The highest BCUT2D eigenvalue weighted by atomic mass is 32.2. The van der Waals surface area contributed by atoms with E-state index in [4.69, 9.17) is 5.11 Å². The second kappa shape index (κ2) is 5.09. The minimum Gasteiger partial charge on any atom is -0.396 e. The fourth-order valence-electron chi connectivity index (χ4n) is 0.797. The van der Waals surface area contributed by atoms with Gasteiger partial charge in [-0.3, -0.25) is 0 Å². The van der Waals surface area contributed by atoms with Crippen molar-refractivity contribution in [3.05, 3.63) is 5.82 Å². The zero-order valence-corrected chi connectivity index (χ0v) is 10.4. The predicted molar refractivity (Wildman–Crippen MR) is 61.0 cm³/mol. The van der Waals surface area contributed by atoms with Crippen LogP contribution in [0.15, 0.2) is 4.34 Å². The molecular weight excluding hydrogens is 216 g/mol. The van der Waals surface area contributed by atoms with E-state index < -0.39 is 0 Å². The van der Waals surface area contributed by atoms with E-state index in [0.717, 1.165) is 22.3 Å². The molecule has 1 N–H and O–H groups in total. The normalized spacial score (nSPS) is 12.0. The molecule has 0 aliphatic rings. The third-order valence-corrected chi connectivity index (χ3v) is 3.53. The second-order valence-corrected chi connectivity index (χ2v) is 6.15. The van der Waals surface area contributed by atoms with E-state index in [1.54, 1.807) is 11.8 Å². The summed E-state index contributed by atoms with van der Waals surface area (Å²) in [4.78, 5) is 4.44. The molecule has 1 rings (SSSR count). The zero-order chi connectivity index (χ0) is 10.6. The van der Waals surface area contributed by atoms with Crippen molar-refractivity contribution in [2.45, 2.75) is 36.9 Å². The fourth-order valence-corrected chi connectivity index (χ4v) is 2.58. The fraction of sp³-hybridized carbons (Fsp3) is 0.778. The molecular formula is C9H16N2OS2. The van der Waals surface area contributed by atoms with E-state index in [2.05, 4.69) is 30.1 Å². The van der Waals surface area contributed by atoms with Crippen LogP contribution in [0.4, 0.5) is 0 Å². The number of aliphatic hydroxyl groups excluding tert-OH is 1. The summed E-state index contributed by atoms with van der Waals surface area (Å²) in [5, 5.41) is 8.63. The lowest BCUT2D eigenvalue weighted by atomic mass is 9.96. The highest BCUT2D eigenvalue weighted by molar-refractivity contribution is 8.00. The van der Waals surface area contributed by atoms with Gasteiger partial charge in [-0.2, -0.15) is 4.37 Å². The van der Waals surface area contributed by atoms with E-state index in [-0.39, 0.29) is 12.0 Å². The average Bonchev–Trinajstić information content (AvgIpc) is 2.52. The summed E-state index contributed by atoms with van der Waals surface area (Å²) < 4.78 is 5.32. The van der Waals surface area contributed by atoms with Crippen molar-refractivity contribution in [3.63, 3.8) is 0 Å². The molecule has 0 amide bonds. The van der Waals surface area contributed by atoms with Gasteiger partial charge in [0.15, 0.2) is 4.34 Å². The largest absolute Gasteiger partial charge is 0.396 e. The number of hydrogen-bond acceptors (Lipinski definition) is 5. The predicted octanol–water partition coefficient (Wildman–Crippen LogP) is 2.31. The molecule has 0 aliphatic heterocycles. The van der Waals surface area contributed by atoms with Crippen LogP contribution in [0.5, 0.6) is 0 Å². The third-order valence-electron chi connectivity index (χ3n) is 1.61. The van der Waals surface area contributed by atoms with Crippen LogP contribution in [0.1, 0.15) is 33.0 Å². The molecule has 0 atom stereocenters. The van der Waals surface area contributed by atoms with Crippen molar-refractivity contribution in [2.24, 2.45) is 0 Å². The minimum absolute atomic E-state index is 0.0340. The molecule has 0 bridgehead atoms. The quantitative estimate of drug-likeness (QED) is 0.639. The Morgan fingerprint density at radius 1 is 1.43 bits per heavy atom. The first-order chi connectivity index (χ1) is 6.54. The molecule has 1 heterocycles. The highest BCUT2D eigenvalue weighted by Crippen LogP contribution is 2.26. The summed E-state index contributed by atoms with van der Waals surface area (Å²) in [7, 11) is 0. The van der Waals surface area contributed by atoms with Gasteiger partial charge in [0.2, 0.25) is 0 Å². The third kappa shape index (κ3) is 3.55. The smallest absolute Gasteiger partial charge is 0.170 e. The summed E-state index contributed by atoms with van der Waals surface area (Å²) in [5.74, 6) is 1.82. The molecule has 0 radical (unpaired) electrons. The van der Waals surface area contributed by atoms with Crippen molar-refractivity contribution in [1.82, 2.24) is 9.36 Å². The Bertz CT molecular complexity index is 281. The van der Waals surface area contributed by atoms with E-state index >= 15 is 0 Å². The zero-order valence-electron chi connectivity index (χ0n) is 8.78. The molecule has 1 aromatic heterocycles. The molecule has 0 aliphatic carbocycles. The first-order valence-electron chi connectivity index (χ1n) is 4.62. The maximum atomic E-state index is 8.63. The highest BCUT2D eigenvalue weighted by Gasteiger charge is 2.19. The van der Waals surface area contributed by atoms with Crippen LogP contribution >= 0.6 is 23.3 Å². The van der Waals surface area contributed by atoms with Crippen LogP contribution in [0.25, 0.3) is 0 Å². The van der Waals surface area contributed by atoms with Gasteiger partial charge in [-0.15, -0.1) is 0 Å². The molecule has 0 saturated carbocycles. The number of thioether (sulfide) groups is 1. The van der Waals surface area contributed by atoms with Gasteiger partial charge in [-0.05, 0) is 18.0 Å². The number of nitrogens with zero attached hydrogens (tertiary/aromatic N) is 2. The van der Waals surface area contributed by atoms with Crippen LogP contribution in [0.2, 0.25) is 0 Å². The summed E-state index contributed by atoms with van der Waals surface area (Å²) in [6.07, 6.45) is 0.815. The maximum Gasteiger partial charge on any atom is 0.170 e. The molecule has 0 fully saturated rings. The maximum absolute atomic E-state index is 8.63. The molecule has 14 heavy (non-hydrogen) atoms. The Hall–Kier alpha value is -0.130. The first-order valence-corrected chi connectivity index (χ1v) is 6.38. The summed E-state index contributed by atoms with van der Waals surface area (Å²) >= 11 is 3.11. The Morgan fingerprint density at radius 3 is 2.64 bits per heavy atom. The van der Waals surface area contributed by atoms with Crippen molar-refractivity contribution in [1.29, 1.82) is 0 Å². The van der Waals surface area contributed by atoms with E-state index in [9.17, 15) is 0 Å². The van der Waals surface area contributed by atoms with Crippen LogP contribution in [-0.4, -0.2) is 26.8 Å². The second-order valence-electron chi connectivity index (χ2n) is 4.06. The molecule has 3 nitrogen and oxygen atoms in total. The molecule has 80 valence electrons. The van der Waals surface area contributed by atoms with Crippen LogP contribution in [0, 0.1) is 0 Å². The standard InChI is InChI=1S/C9H16N2OS2/c1-9(2,3)7-10-8(14-11-7)13-6-4-5-12/h12H,4-6H2,1-3H3. The Balaban J connectivity index is 2.51. The SMILES string of the molecule is CC(C)(C)c1nsc(SCCCO)n1. The lowest BCUT2D eigenvalue weighted by molar-refractivity contribution is 0.296. The molecule has 0 spiro atoms. The molecule has 0 unspecified atom stereocenters. The molecule has 0 saturated heterocycles. The monoisotopic (exact) mass is 232 g/mol. The van der Waals surface area contributed by atoms with Gasteiger partial charge in [0.05, 0.1) is 0 Å². The van der Waals surface area contributed by atoms with Gasteiger partial charge in [0, 0.05) is 17.8 Å². The Kier molecular flexibility index (Phi) is 4.34.